The Bertz CT molecular complexity index is 157. The molecule has 1 saturated carbocycles. The van der Waals surface area contributed by atoms with Crippen molar-refractivity contribution in [1.29, 1.82) is 0 Å². The molecule has 0 aromatic heterocycles. The molecule has 1 aliphatic heterocycles. The van der Waals surface area contributed by atoms with Crippen molar-refractivity contribution < 1.29 is 4.79 Å². The molecule has 2 atom stereocenters. The van der Waals surface area contributed by atoms with Crippen LogP contribution in [0.25, 0.3) is 0 Å². The number of nitrogens with one attached hydrogen (secondary N) is 1. The van der Waals surface area contributed by atoms with E-state index < -0.39 is 0 Å². The van der Waals surface area contributed by atoms with E-state index in [0.29, 0.717) is 12.1 Å². The van der Waals surface area contributed by atoms with Crippen LogP contribution in [0.4, 0.5) is 4.79 Å². The molecule has 0 aromatic carbocycles. The average molecular weight is 126 g/mol. The van der Waals surface area contributed by atoms with Gasteiger partial charge in [0.15, 0.2) is 0 Å². The summed E-state index contributed by atoms with van der Waals surface area (Å²) in [4.78, 5) is 12.6. The fraction of sp³-hybridized carbons (Fsp3) is 0.833. The number of rotatable bonds is 0. The third-order valence-corrected chi connectivity index (χ3v) is 2.36. The van der Waals surface area contributed by atoms with Gasteiger partial charge in [-0.05, 0) is 12.8 Å². The summed E-state index contributed by atoms with van der Waals surface area (Å²) >= 11 is 0. The highest BCUT2D eigenvalue weighted by Gasteiger charge is 2.42. The molecule has 0 bridgehead atoms. The molecule has 0 spiro atoms. The van der Waals surface area contributed by atoms with Crippen molar-refractivity contribution >= 4 is 6.03 Å². The monoisotopic (exact) mass is 126 g/mol. The summed E-state index contributed by atoms with van der Waals surface area (Å²) in [5.74, 6) is 0. The van der Waals surface area contributed by atoms with Crippen molar-refractivity contribution in [3.63, 3.8) is 0 Å². The summed E-state index contributed by atoms with van der Waals surface area (Å²) in [7, 11) is 1.86. The third-order valence-electron chi connectivity index (χ3n) is 2.36. The topological polar surface area (TPSA) is 32.3 Å². The molecule has 1 saturated heterocycles. The molecule has 2 fully saturated rings. The van der Waals surface area contributed by atoms with Crippen molar-refractivity contribution in [1.82, 2.24) is 10.2 Å². The Labute approximate surface area is 54.0 Å². The molecule has 3 nitrogen and oxygen atoms in total. The van der Waals surface area contributed by atoms with Gasteiger partial charge in [-0.3, -0.25) is 0 Å². The first-order chi connectivity index (χ1) is 4.29. The number of carbonyl (C=O) groups excluding carboxylic acids is 1. The second-order valence-corrected chi connectivity index (χ2v) is 2.81. The number of fused-ring (bicyclic) bond motifs is 1. The number of hydrogen-bond acceptors (Lipinski definition) is 1. The van der Waals surface area contributed by atoms with Gasteiger partial charge in [-0.15, -0.1) is 0 Å². The Balaban J connectivity index is 2.16. The largest absolute Gasteiger partial charge is 0.333 e. The average Bonchev–Trinajstić information content (AvgIpc) is 1.92. The molecule has 1 aliphatic carbocycles. The Hall–Kier alpha value is -0.730. The van der Waals surface area contributed by atoms with E-state index in [9.17, 15) is 4.79 Å². The molecule has 1 N–H and O–H groups in total. The molecule has 1 heterocycles. The molecule has 2 rings (SSSR count). The molecular formula is C6H10N2O. The highest BCUT2D eigenvalue weighted by Crippen LogP contribution is 2.29. The Morgan fingerprint density at radius 2 is 2.44 bits per heavy atom. The fourth-order valence-electron chi connectivity index (χ4n) is 1.53. The predicted octanol–water partition coefficient (Wildman–Crippen LogP) is 0.172. The van der Waals surface area contributed by atoms with Crippen molar-refractivity contribution in [2.75, 3.05) is 7.05 Å². The summed E-state index contributed by atoms with van der Waals surface area (Å²) in [6.45, 7) is 0. The van der Waals surface area contributed by atoms with Gasteiger partial charge >= 0.3 is 6.03 Å². The van der Waals surface area contributed by atoms with Crippen LogP contribution >= 0.6 is 0 Å². The highest BCUT2D eigenvalue weighted by molar-refractivity contribution is 5.77. The number of urea groups is 1. The molecule has 2 amide bonds. The Morgan fingerprint density at radius 3 is 2.67 bits per heavy atom. The maximum atomic E-state index is 10.8. The molecule has 0 unspecified atom stereocenters. The van der Waals surface area contributed by atoms with E-state index in [4.69, 9.17) is 0 Å². The molecule has 50 valence electrons. The van der Waals surface area contributed by atoms with Crippen LogP contribution in [0.5, 0.6) is 0 Å². The predicted molar refractivity (Wildman–Crippen MR) is 33.1 cm³/mol. The van der Waals surface area contributed by atoms with Crippen LogP contribution < -0.4 is 5.32 Å². The summed E-state index contributed by atoms with van der Waals surface area (Å²) in [6, 6.07) is 1.09. The van der Waals surface area contributed by atoms with Gasteiger partial charge in [0.05, 0.1) is 12.1 Å². The smallest absolute Gasteiger partial charge is 0.317 e. The zero-order valence-corrected chi connectivity index (χ0v) is 5.42. The normalized spacial score (nSPS) is 39.7. The molecule has 0 radical (unpaired) electrons. The maximum absolute atomic E-state index is 10.8. The lowest BCUT2D eigenvalue weighted by Crippen LogP contribution is -2.43. The summed E-state index contributed by atoms with van der Waals surface area (Å²) in [5, 5.41) is 2.89. The van der Waals surface area contributed by atoms with Gasteiger partial charge in [0, 0.05) is 7.05 Å². The number of amides is 2. The van der Waals surface area contributed by atoms with Gasteiger partial charge in [-0.1, -0.05) is 0 Å². The van der Waals surface area contributed by atoms with Crippen LogP contribution in [-0.4, -0.2) is 30.1 Å². The minimum absolute atomic E-state index is 0.0995. The summed E-state index contributed by atoms with van der Waals surface area (Å²) < 4.78 is 0. The van der Waals surface area contributed by atoms with Gasteiger partial charge < -0.3 is 10.2 Å². The molecule has 2 aliphatic rings. The van der Waals surface area contributed by atoms with E-state index in [1.54, 1.807) is 4.90 Å². The van der Waals surface area contributed by atoms with Crippen molar-refractivity contribution in [2.45, 2.75) is 24.9 Å². The first-order valence-corrected chi connectivity index (χ1v) is 3.32. The Morgan fingerprint density at radius 1 is 1.67 bits per heavy atom. The minimum atomic E-state index is 0.0995. The second kappa shape index (κ2) is 1.40. The van der Waals surface area contributed by atoms with Crippen molar-refractivity contribution in [3.8, 4) is 0 Å². The first-order valence-electron chi connectivity index (χ1n) is 3.32. The van der Waals surface area contributed by atoms with Crippen molar-refractivity contribution in [2.24, 2.45) is 0 Å². The SMILES string of the molecule is CN1C(=O)N[C@H]2CC[C@H]21. The second-order valence-electron chi connectivity index (χ2n) is 2.81. The van der Waals surface area contributed by atoms with Crippen LogP contribution in [0.1, 0.15) is 12.8 Å². The maximum Gasteiger partial charge on any atom is 0.317 e. The van der Waals surface area contributed by atoms with Gasteiger partial charge in [0.1, 0.15) is 0 Å². The molecule has 9 heavy (non-hydrogen) atoms. The number of carbonyl (C=O) groups is 1. The van der Waals surface area contributed by atoms with Crippen molar-refractivity contribution in [3.05, 3.63) is 0 Å². The quantitative estimate of drug-likeness (QED) is 0.493. The van der Waals surface area contributed by atoms with Gasteiger partial charge in [0.25, 0.3) is 0 Å². The van der Waals surface area contributed by atoms with E-state index in [1.165, 1.54) is 12.8 Å². The van der Waals surface area contributed by atoms with Crippen LogP contribution in [0, 0.1) is 0 Å². The van der Waals surface area contributed by atoms with E-state index in [0.717, 1.165) is 0 Å². The van der Waals surface area contributed by atoms with Gasteiger partial charge in [-0.2, -0.15) is 0 Å². The van der Waals surface area contributed by atoms with Crippen LogP contribution in [-0.2, 0) is 0 Å². The molecule has 0 aromatic rings. The summed E-state index contributed by atoms with van der Waals surface area (Å²) in [5.41, 5.74) is 0. The van der Waals surface area contributed by atoms with Gasteiger partial charge in [0.2, 0.25) is 0 Å². The summed E-state index contributed by atoms with van der Waals surface area (Å²) in [6.07, 6.45) is 2.35. The zero-order valence-electron chi connectivity index (χ0n) is 5.42. The van der Waals surface area contributed by atoms with Crippen LogP contribution in [0.3, 0.4) is 0 Å². The first kappa shape index (κ1) is 5.09. The molecule has 3 heteroatoms. The van der Waals surface area contributed by atoms with Gasteiger partial charge in [-0.25, -0.2) is 4.79 Å². The highest BCUT2D eigenvalue weighted by atomic mass is 16.2. The van der Waals surface area contributed by atoms with Crippen LogP contribution in [0.2, 0.25) is 0 Å². The number of hydrogen-bond donors (Lipinski definition) is 1. The lowest BCUT2D eigenvalue weighted by molar-refractivity contribution is 0.196. The van der Waals surface area contributed by atoms with E-state index in [-0.39, 0.29) is 6.03 Å². The van der Waals surface area contributed by atoms with Crippen LogP contribution in [0.15, 0.2) is 0 Å². The zero-order chi connectivity index (χ0) is 6.43. The Kier molecular flexibility index (Phi) is 0.793. The fourth-order valence-corrected chi connectivity index (χ4v) is 1.53. The lowest BCUT2D eigenvalue weighted by Gasteiger charge is -2.31. The molecular weight excluding hydrogens is 116 g/mol. The minimum Gasteiger partial charge on any atom is -0.333 e. The number of likely N-dealkylation sites (N-methyl/N-ethyl adjacent to an activating group) is 1. The number of nitrogens with zero attached hydrogens (tertiary/aromatic N) is 1. The lowest BCUT2D eigenvalue weighted by atomic mass is 9.88. The van der Waals surface area contributed by atoms with E-state index in [2.05, 4.69) is 5.32 Å². The third kappa shape index (κ3) is 0.491. The standard InChI is InChI=1S/C6H10N2O/c1-8-5-3-2-4(5)7-6(8)9/h4-5H,2-3H2,1H3,(H,7,9)/t4-,5+/m0/s1. The van der Waals surface area contributed by atoms with E-state index >= 15 is 0 Å². The van der Waals surface area contributed by atoms with E-state index in [1.807, 2.05) is 7.05 Å².